The van der Waals surface area contributed by atoms with Crippen molar-refractivity contribution in [2.24, 2.45) is 0 Å². The molecule has 0 atom stereocenters. The maximum Gasteiger partial charge on any atom is 0.283 e. The number of amides is 3. The number of carbonyl (C=O) groups is 3. The molecule has 0 unspecified atom stereocenters. The van der Waals surface area contributed by atoms with Gasteiger partial charge in [0.2, 0.25) is 0 Å². The van der Waals surface area contributed by atoms with Crippen LogP contribution in [0.15, 0.2) is 120 Å². The van der Waals surface area contributed by atoms with Gasteiger partial charge in [0.25, 0.3) is 17.7 Å². The molecule has 0 saturated heterocycles. The largest absolute Gasteiger partial charge is 0.350 e. The molecule has 0 saturated carbocycles. The van der Waals surface area contributed by atoms with Gasteiger partial charge in [-0.1, -0.05) is 97.4 Å². The predicted octanol–water partition coefficient (Wildman–Crippen LogP) is 6.53. The van der Waals surface area contributed by atoms with Gasteiger partial charge in [0.1, 0.15) is 10.7 Å². The van der Waals surface area contributed by atoms with Crippen molar-refractivity contribution in [3.05, 3.63) is 142 Å². The Labute approximate surface area is 238 Å². The van der Waals surface area contributed by atoms with Gasteiger partial charge in [-0.25, -0.2) is 4.90 Å². The molecule has 3 amide bonds. The third-order valence-electron chi connectivity index (χ3n) is 6.73. The van der Waals surface area contributed by atoms with Gasteiger partial charge in [-0.3, -0.25) is 14.4 Å². The number of rotatable bonds is 9. The Morgan fingerprint density at radius 2 is 1.35 bits per heavy atom. The smallest absolute Gasteiger partial charge is 0.283 e. The Morgan fingerprint density at radius 3 is 1.93 bits per heavy atom. The zero-order valence-corrected chi connectivity index (χ0v) is 22.8. The van der Waals surface area contributed by atoms with Gasteiger partial charge in [-0.2, -0.15) is 0 Å². The summed E-state index contributed by atoms with van der Waals surface area (Å²) in [5, 5.41) is 2.79. The number of nitrogens with one attached hydrogen (secondary N) is 1. The highest BCUT2D eigenvalue weighted by molar-refractivity contribution is 6.53. The molecule has 200 valence electrons. The second-order valence-corrected chi connectivity index (χ2v) is 9.87. The SMILES string of the molecule is CCc1ccc(N2C(=O)C(Cl)=C(Nc3cccc(C(=O)N(Cc4ccccc4)Cc4ccccc4)c3)C2=O)cc1. The second-order valence-electron chi connectivity index (χ2n) is 9.49. The number of benzene rings is 4. The van der Waals surface area contributed by atoms with Crippen LogP contribution < -0.4 is 10.2 Å². The van der Waals surface area contributed by atoms with Gasteiger partial charge in [-0.05, 0) is 53.4 Å². The number of hydrogen-bond acceptors (Lipinski definition) is 4. The predicted molar refractivity (Wildman–Crippen MR) is 158 cm³/mol. The van der Waals surface area contributed by atoms with Crippen LogP contribution in [0.25, 0.3) is 0 Å². The summed E-state index contributed by atoms with van der Waals surface area (Å²) in [6, 6.07) is 33.7. The summed E-state index contributed by atoms with van der Waals surface area (Å²) in [6.45, 7) is 2.90. The molecule has 6 nitrogen and oxygen atoms in total. The third kappa shape index (κ3) is 5.82. The molecule has 1 aliphatic heterocycles. The molecule has 0 radical (unpaired) electrons. The quantitative estimate of drug-likeness (QED) is 0.241. The zero-order valence-electron chi connectivity index (χ0n) is 22.0. The van der Waals surface area contributed by atoms with E-state index in [4.69, 9.17) is 11.6 Å². The molecule has 0 bridgehead atoms. The number of nitrogens with zero attached hydrogens (tertiary/aromatic N) is 2. The zero-order chi connectivity index (χ0) is 28.1. The molecule has 1 aliphatic rings. The molecule has 0 fully saturated rings. The average molecular weight is 550 g/mol. The van der Waals surface area contributed by atoms with Gasteiger partial charge >= 0.3 is 0 Å². The maximum atomic E-state index is 13.7. The molecule has 1 N–H and O–H groups in total. The van der Waals surface area contributed by atoms with Crippen molar-refractivity contribution in [3.63, 3.8) is 0 Å². The lowest BCUT2D eigenvalue weighted by Gasteiger charge is -2.23. The summed E-state index contributed by atoms with van der Waals surface area (Å²) in [6.07, 6.45) is 0.844. The van der Waals surface area contributed by atoms with Crippen LogP contribution in [0.2, 0.25) is 0 Å². The summed E-state index contributed by atoms with van der Waals surface area (Å²) in [5.41, 5.74) is 4.46. The Morgan fingerprint density at radius 1 is 0.750 bits per heavy atom. The first-order chi connectivity index (χ1) is 19.4. The highest BCUT2D eigenvalue weighted by Crippen LogP contribution is 2.30. The van der Waals surface area contributed by atoms with E-state index in [0.29, 0.717) is 30.0 Å². The molecule has 40 heavy (non-hydrogen) atoms. The molecule has 0 aromatic heterocycles. The maximum absolute atomic E-state index is 13.7. The van der Waals surface area contributed by atoms with E-state index in [1.54, 1.807) is 41.3 Å². The van der Waals surface area contributed by atoms with Crippen LogP contribution in [0.4, 0.5) is 11.4 Å². The molecule has 4 aromatic rings. The van der Waals surface area contributed by atoms with Crippen molar-refractivity contribution in [2.75, 3.05) is 10.2 Å². The van der Waals surface area contributed by atoms with Crippen LogP contribution in [0.5, 0.6) is 0 Å². The number of imide groups is 1. The van der Waals surface area contributed by atoms with Crippen molar-refractivity contribution in [2.45, 2.75) is 26.4 Å². The average Bonchev–Trinajstić information content (AvgIpc) is 3.20. The summed E-state index contributed by atoms with van der Waals surface area (Å²) < 4.78 is 0. The van der Waals surface area contributed by atoms with Crippen LogP contribution >= 0.6 is 11.6 Å². The molecule has 5 rings (SSSR count). The minimum Gasteiger partial charge on any atom is -0.350 e. The topological polar surface area (TPSA) is 69.7 Å². The van der Waals surface area contributed by atoms with E-state index in [-0.39, 0.29) is 16.6 Å². The minimum absolute atomic E-state index is 0.0266. The molecule has 0 aliphatic carbocycles. The van der Waals surface area contributed by atoms with E-state index in [1.807, 2.05) is 79.7 Å². The number of hydrogen-bond donors (Lipinski definition) is 1. The molecule has 0 spiro atoms. The van der Waals surface area contributed by atoms with Crippen LogP contribution in [0.3, 0.4) is 0 Å². The van der Waals surface area contributed by atoms with Gasteiger partial charge in [0.05, 0.1) is 5.69 Å². The number of carbonyl (C=O) groups excluding carboxylic acids is 3. The number of halogens is 1. The summed E-state index contributed by atoms with van der Waals surface area (Å²) in [5.74, 6) is -1.31. The Balaban J connectivity index is 1.37. The number of aryl methyl sites for hydroxylation is 1. The van der Waals surface area contributed by atoms with E-state index in [2.05, 4.69) is 5.32 Å². The summed E-state index contributed by atoms with van der Waals surface area (Å²) in [4.78, 5) is 42.7. The number of anilines is 2. The van der Waals surface area contributed by atoms with E-state index in [0.717, 1.165) is 28.0 Å². The lowest BCUT2D eigenvalue weighted by Crippen LogP contribution is -2.32. The van der Waals surface area contributed by atoms with Crippen molar-refractivity contribution < 1.29 is 14.4 Å². The van der Waals surface area contributed by atoms with Crippen LogP contribution in [-0.4, -0.2) is 22.6 Å². The summed E-state index contributed by atoms with van der Waals surface area (Å²) in [7, 11) is 0. The van der Waals surface area contributed by atoms with Gasteiger partial charge in [0, 0.05) is 24.3 Å². The van der Waals surface area contributed by atoms with Crippen molar-refractivity contribution in [1.82, 2.24) is 4.90 Å². The van der Waals surface area contributed by atoms with E-state index in [1.165, 1.54) is 0 Å². The Hall–Kier alpha value is -4.68. The van der Waals surface area contributed by atoms with Gasteiger partial charge < -0.3 is 10.2 Å². The fraction of sp³-hybridized carbons (Fsp3) is 0.121. The molecular formula is C33H28ClN3O3. The highest BCUT2D eigenvalue weighted by atomic mass is 35.5. The Kier molecular flexibility index (Phi) is 8.08. The van der Waals surface area contributed by atoms with Crippen molar-refractivity contribution in [3.8, 4) is 0 Å². The van der Waals surface area contributed by atoms with Crippen LogP contribution in [0, 0.1) is 0 Å². The molecule has 1 heterocycles. The molecule has 4 aromatic carbocycles. The van der Waals surface area contributed by atoms with Gasteiger partial charge in [0.15, 0.2) is 0 Å². The normalized spacial score (nSPS) is 13.1. The van der Waals surface area contributed by atoms with Crippen LogP contribution in [0.1, 0.15) is 34.0 Å². The minimum atomic E-state index is -0.595. The lowest BCUT2D eigenvalue weighted by molar-refractivity contribution is -0.120. The Bertz CT molecular complexity index is 1530. The van der Waals surface area contributed by atoms with Crippen molar-refractivity contribution in [1.29, 1.82) is 0 Å². The first-order valence-electron chi connectivity index (χ1n) is 13.1. The second kappa shape index (κ2) is 12.0. The first kappa shape index (κ1) is 26.9. The van der Waals surface area contributed by atoms with E-state index >= 15 is 0 Å². The first-order valence-corrected chi connectivity index (χ1v) is 13.4. The van der Waals surface area contributed by atoms with Crippen LogP contribution in [-0.2, 0) is 29.1 Å². The van der Waals surface area contributed by atoms with E-state index < -0.39 is 11.8 Å². The lowest BCUT2D eigenvalue weighted by atomic mass is 10.1. The monoisotopic (exact) mass is 549 g/mol. The van der Waals surface area contributed by atoms with Crippen molar-refractivity contribution >= 4 is 40.7 Å². The third-order valence-corrected chi connectivity index (χ3v) is 7.08. The van der Waals surface area contributed by atoms with E-state index in [9.17, 15) is 14.4 Å². The standard InChI is InChI=1S/C33H28ClN3O3/c1-2-23-16-18-28(19-17-23)37-32(39)29(34)30(33(37)40)35-27-15-9-14-26(20-27)31(38)36(21-24-10-5-3-6-11-24)22-25-12-7-4-8-13-25/h3-20,35H,2,21-22H2,1H3. The fourth-order valence-corrected chi connectivity index (χ4v) is 4.80. The van der Waals surface area contributed by atoms with Gasteiger partial charge in [-0.15, -0.1) is 0 Å². The molecule has 7 heteroatoms. The highest BCUT2D eigenvalue weighted by Gasteiger charge is 2.39. The fourth-order valence-electron chi connectivity index (χ4n) is 4.59. The molecular weight excluding hydrogens is 522 g/mol. The summed E-state index contributed by atoms with van der Waals surface area (Å²) >= 11 is 6.34.